The Balaban J connectivity index is 2.12. The molecule has 0 amide bonds. The fourth-order valence-corrected chi connectivity index (χ4v) is 1.76. The van der Waals surface area contributed by atoms with Crippen molar-refractivity contribution in [1.82, 2.24) is 4.90 Å². The lowest BCUT2D eigenvalue weighted by Crippen LogP contribution is -2.34. The third-order valence-electron chi connectivity index (χ3n) is 2.68. The van der Waals surface area contributed by atoms with E-state index < -0.39 is 0 Å². The summed E-state index contributed by atoms with van der Waals surface area (Å²) in [6.07, 6.45) is 4.47. The molecule has 0 aromatic rings. The third kappa shape index (κ3) is 5.14. The van der Waals surface area contributed by atoms with Gasteiger partial charge in [-0.15, -0.1) is 0 Å². The first-order chi connectivity index (χ1) is 7.36. The van der Waals surface area contributed by atoms with Crippen LogP contribution in [-0.2, 0) is 4.84 Å². The lowest BCUT2D eigenvalue weighted by atomic mass is 10.1. The summed E-state index contributed by atoms with van der Waals surface area (Å²) in [6.45, 7) is 6.87. The highest BCUT2D eigenvalue weighted by molar-refractivity contribution is 5.84. The molecule has 2 N–H and O–H groups in total. The molecule has 0 aromatic carbocycles. The Morgan fingerprint density at radius 2 is 2.07 bits per heavy atom. The van der Waals surface area contributed by atoms with Crippen molar-refractivity contribution in [2.45, 2.75) is 32.6 Å². The number of nitrogens with zero attached hydrogens (tertiary/aromatic N) is 2. The van der Waals surface area contributed by atoms with E-state index >= 15 is 0 Å². The van der Waals surface area contributed by atoms with Gasteiger partial charge in [-0.25, -0.2) is 0 Å². The van der Waals surface area contributed by atoms with Gasteiger partial charge in [-0.05, 0) is 32.9 Å². The molecule has 1 aliphatic rings. The summed E-state index contributed by atoms with van der Waals surface area (Å²) in [5.41, 5.74) is 6.68. The first-order valence-electron chi connectivity index (χ1n) is 5.97. The molecule has 4 heteroatoms. The summed E-state index contributed by atoms with van der Waals surface area (Å²) in [7, 11) is 0. The number of likely N-dealkylation sites (tertiary alicyclic amines) is 1. The van der Waals surface area contributed by atoms with E-state index in [4.69, 9.17) is 10.6 Å². The quantitative estimate of drug-likeness (QED) is 0.533. The van der Waals surface area contributed by atoms with Gasteiger partial charge in [0.15, 0.2) is 0 Å². The third-order valence-corrected chi connectivity index (χ3v) is 2.68. The second-order valence-corrected chi connectivity index (χ2v) is 3.91. The maximum Gasteiger partial charge on any atom is 0.114 e. The van der Waals surface area contributed by atoms with E-state index in [-0.39, 0.29) is 0 Å². The van der Waals surface area contributed by atoms with Crippen LogP contribution in [0.15, 0.2) is 5.16 Å². The molecular formula is C11H23N3O. The first-order valence-corrected chi connectivity index (χ1v) is 5.97. The van der Waals surface area contributed by atoms with Crippen molar-refractivity contribution in [2.24, 2.45) is 10.9 Å². The van der Waals surface area contributed by atoms with Gasteiger partial charge < -0.3 is 15.5 Å². The summed E-state index contributed by atoms with van der Waals surface area (Å²) < 4.78 is 0. The summed E-state index contributed by atoms with van der Waals surface area (Å²) in [5, 5.41) is 4.10. The maximum absolute atomic E-state index is 5.47. The van der Waals surface area contributed by atoms with Crippen molar-refractivity contribution in [2.75, 3.05) is 32.8 Å². The highest BCUT2D eigenvalue weighted by Gasteiger charge is 2.14. The van der Waals surface area contributed by atoms with Gasteiger partial charge in [-0.2, -0.15) is 0 Å². The van der Waals surface area contributed by atoms with Crippen molar-refractivity contribution in [3.8, 4) is 0 Å². The summed E-state index contributed by atoms with van der Waals surface area (Å²) >= 11 is 0. The van der Waals surface area contributed by atoms with Crippen molar-refractivity contribution in [3.05, 3.63) is 0 Å². The topological polar surface area (TPSA) is 50.8 Å². The lowest BCUT2D eigenvalue weighted by Gasteiger charge is -2.27. The Morgan fingerprint density at radius 3 is 2.67 bits per heavy atom. The van der Waals surface area contributed by atoms with Gasteiger partial charge in [0, 0.05) is 25.9 Å². The SMILES string of the molecule is CCON=C1CCN(CCCCN)CC1. The van der Waals surface area contributed by atoms with Gasteiger partial charge in [0.05, 0.1) is 5.71 Å². The van der Waals surface area contributed by atoms with Gasteiger partial charge in [-0.3, -0.25) is 0 Å². The van der Waals surface area contributed by atoms with Crippen molar-refractivity contribution in [3.63, 3.8) is 0 Å². The molecule has 0 unspecified atom stereocenters. The number of rotatable bonds is 6. The number of hydrogen-bond donors (Lipinski definition) is 1. The molecule has 1 fully saturated rings. The van der Waals surface area contributed by atoms with E-state index in [9.17, 15) is 0 Å². The average Bonchev–Trinajstić information content (AvgIpc) is 2.28. The second-order valence-electron chi connectivity index (χ2n) is 3.91. The maximum atomic E-state index is 5.47. The molecule has 0 radical (unpaired) electrons. The minimum atomic E-state index is 0.670. The van der Waals surface area contributed by atoms with E-state index in [1.807, 2.05) is 6.92 Å². The standard InChI is InChI=1S/C11H23N3O/c1-2-15-13-11-5-9-14(10-6-11)8-4-3-7-12/h2-10,12H2,1H3. The largest absolute Gasteiger partial charge is 0.396 e. The zero-order chi connectivity index (χ0) is 10.9. The Kier molecular flexibility index (Phi) is 6.36. The first kappa shape index (κ1) is 12.5. The Bertz CT molecular complexity index is 184. The van der Waals surface area contributed by atoms with Crippen LogP contribution in [0.4, 0.5) is 0 Å². The van der Waals surface area contributed by atoms with Gasteiger partial charge in [0.1, 0.15) is 6.61 Å². The van der Waals surface area contributed by atoms with Crippen LogP contribution in [0.2, 0.25) is 0 Å². The molecule has 4 nitrogen and oxygen atoms in total. The van der Waals surface area contributed by atoms with E-state index in [1.54, 1.807) is 0 Å². The number of nitrogens with two attached hydrogens (primary N) is 1. The van der Waals surface area contributed by atoms with Gasteiger partial charge >= 0.3 is 0 Å². The van der Waals surface area contributed by atoms with Gasteiger partial charge in [0.2, 0.25) is 0 Å². The number of oxime groups is 1. The average molecular weight is 213 g/mol. The molecule has 0 bridgehead atoms. The molecule has 0 spiro atoms. The molecule has 1 heterocycles. The molecule has 15 heavy (non-hydrogen) atoms. The minimum absolute atomic E-state index is 0.670. The Hall–Kier alpha value is -0.610. The monoisotopic (exact) mass is 213 g/mol. The fourth-order valence-electron chi connectivity index (χ4n) is 1.76. The van der Waals surface area contributed by atoms with E-state index in [0.717, 1.165) is 38.9 Å². The van der Waals surface area contributed by atoms with Crippen molar-refractivity contribution in [1.29, 1.82) is 0 Å². The second kappa shape index (κ2) is 7.65. The van der Waals surface area contributed by atoms with Crippen LogP contribution in [-0.4, -0.2) is 43.4 Å². The van der Waals surface area contributed by atoms with Crippen LogP contribution in [0.5, 0.6) is 0 Å². The van der Waals surface area contributed by atoms with Crippen LogP contribution in [0.1, 0.15) is 32.6 Å². The zero-order valence-electron chi connectivity index (χ0n) is 9.74. The van der Waals surface area contributed by atoms with E-state index in [1.165, 1.54) is 18.7 Å². The lowest BCUT2D eigenvalue weighted by molar-refractivity contribution is 0.154. The molecule has 1 aliphatic heterocycles. The summed E-state index contributed by atoms with van der Waals surface area (Å²) in [6, 6.07) is 0. The predicted molar refractivity (Wildman–Crippen MR) is 63.0 cm³/mol. The minimum Gasteiger partial charge on any atom is -0.396 e. The van der Waals surface area contributed by atoms with Crippen molar-refractivity contribution < 1.29 is 4.84 Å². The number of hydrogen-bond acceptors (Lipinski definition) is 4. The highest BCUT2D eigenvalue weighted by Crippen LogP contribution is 2.08. The summed E-state index contributed by atoms with van der Waals surface area (Å²) in [5.74, 6) is 0. The van der Waals surface area contributed by atoms with Crippen LogP contribution in [0, 0.1) is 0 Å². The van der Waals surface area contributed by atoms with Gasteiger partial charge in [-0.1, -0.05) is 5.16 Å². The molecule has 1 rings (SSSR count). The Morgan fingerprint density at radius 1 is 1.33 bits per heavy atom. The molecule has 0 atom stereocenters. The molecule has 88 valence electrons. The van der Waals surface area contributed by atoms with Crippen LogP contribution in [0.3, 0.4) is 0 Å². The number of piperidine rings is 1. The van der Waals surface area contributed by atoms with E-state index in [0.29, 0.717) is 6.61 Å². The van der Waals surface area contributed by atoms with E-state index in [2.05, 4.69) is 10.1 Å². The fraction of sp³-hybridized carbons (Fsp3) is 0.909. The molecule has 0 aliphatic carbocycles. The molecule has 1 saturated heterocycles. The summed E-state index contributed by atoms with van der Waals surface area (Å²) in [4.78, 5) is 7.55. The van der Waals surface area contributed by atoms with Gasteiger partial charge in [0.25, 0.3) is 0 Å². The van der Waals surface area contributed by atoms with Crippen molar-refractivity contribution >= 4 is 5.71 Å². The van der Waals surface area contributed by atoms with Crippen LogP contribution in [0.25, 0.3) is 0 Å². The smallest absolute Gasteiger partial charge is 0.114 e. The molecule has 0 aromatic heterocycles. The zero-order valence-corrected chi connectivity index (χ0v) is 9.74. The molecule has 0 saturated carbocycles. The highest BCUT2D eigenvalue weighted by atomic mass is 16.6. The molecular weight excluding hydrogens is 190 g/mol. The van der Waals surface area contributed by atoms with Crippen LogP contribution >= 0.6 is 0 Å². The Labute approximate surface area is 92.4 Å². The predicted octanol–water partition coefficient (Wildman–Crippen LogP) is 1.21. The van der Waals surface area contributed by atoms with Crippen LogP contribution < -0.4 is 5.73 Å². The number of unbranched alkanes of at least 4 members (excludes halogenated alkanes) is 1. The normalized spacial score (nSPS) is 17.9.